The van der Waals surface area contributed by atoms with Gasteiger partial charge in [0.15, 0.2) is 11.5 Å². The molecule has 0 unspecified atom stereocenters. The van der Waals surface area contributed by atoms with Gasteiger partial charge in [0.1, 0.15) is 11.9 Å². The Kier molecular flexibility index (Phi) is 5.85. The molecule has 2 atom stereocenters. The van der Waals surface area contributed by atoms with Crippen molar-refractivity contribution in [1.29, 1.82) is 0 Å². The van der Waals surface area contributed by atoms with E-state index in [9.17, 15) is 14.7 Å². The third kappa shape index (κ3) is 4.44. The van der Waals surface area contributed by atoms with Crippen molar-refractivity contribution in [2.45, 2.75) is 13.0 Å². The number of benzene rings is 3. The Morgan fingerprint density at radius 2 is 1.81 bits per heavy atom. The molecule has 0 aromatic heterocycles. The Morgan fingerprint density at radius 3 is 2.59 bits per heavy atom. The number of ether oxygens (including phenoxy) is 3. The van der Waals surface area contributed by atoms with Crippen LogP contribution in [-0.4, -0.2) is 29.1 Å². The number of amides is 1. The number of carboxylic acids is 1. The molecular weight excluding hydrogens is 414 g/mol. The van der Waals surface area contributed by atoms with Crippen molar-refractivity contribution in [2.75, 3.05) is 12.1 Å². The lowest BCUT2D eigenvalue weighted by Gasteiger charge is -2.24. The van der Waals surface area contributed by atoms with Crippen molar-refractivity contribution in [3.8, 4) is 17.2 Å². The molecule has 0 saturated heterocycles. The van der Waals surface area contributed by atoms with Crippen molar-refractivity contribution >= 4 is 28.5 Å². The number of phenols is 1. The van der Waals surface area contributed by atoms with Gasteiger partial charge in [0.25, 0.3) is 0 Å². The lowest BCUT2D eigenvalue weighted by molar-refractivity contribution is -0.131. The van der Waals surface area contributed by atoms with Crippen LogP contribution in [0, 0.1) is 5.92 Å². The molecule has 8 nitrogen and oxygen atoms in total. The summed E-state index contributed by atoms with van der Waals surface area (Å²) in [5, 5.41) is 23.2. The maximum Gasteiger partial charge on any atom is 0.412 e. The lowest BCUT2D eigenvalue weighted by Crippen LogP contribution is -2.21. The summed E-state index contributed by atoms with van der Waals surface area (Å²) >= 11 is 0. The molecule has 8 heteroatoms. The Morgan fingerprint density at radius 1 is 1.06 bits per heavy atom. The number of nitrogens with one attached hydrogen (secondary N) is 1. The standard InChI is InChI=1S/C24H21NO7/c1-14(6-11-22(27)28)23(18-8-9-19(26)17-5-3-2-4-16(17)18)32-24(29)25-15-7-10-20-21(12-15)31-13-30-20/h2-12,14,23,26H,13H2,1H3,(H,25,29)(H,27,28)/b11-6+/t14-,23-/m0/s1. The van der Waals surface area contributed by atoms with Gasteiger partial charge in [-0.15, -0.1) is 0 Å². The number of fused-ring (bicyclic) bond motifs is 2. The minimum Gasteiger partial charge on any atom is -0.507 e. The Balaban J connectivity index is 1.64. The summed E-state index contributed by atoms with van der Waals surface area (Å²) in [4.78, 5) is 23.8. The van der Waals surface area contributed by atoms with E-state index in [4.69, 9.17) is 19.3 Å². The molecule has 1 aliphatic rings. The minimum atomic E-state index is -1.10. The van der Waals surface area contributed by atoms with Gasteiger partial charge < -0.3 is 24.4 Å². The molecule has 164 valence electrons. The van der Waals surface area contributed by atoms with Gasteiger partial charge in [-0.3, -0.25) is 5.32 Å². The average Bonchev–Trinajstić information content (AvgIpc) is 3.24. The minimum absolute atomic E-state index is 0.0987. The maximum atomic E-state index is 12.7. The fourth-order valence-electron chi connectivity index (χ4n) is 3.58. The number of carbonyl (C=O) groups is 2. The van der Waals surface area contributed by atoms with E-state index >= 15 is 0 Å². The summed E-state index contributed by atoms with van der Waals surface area (Å²) in [6.45, 7) is 1.87. The molecule has 0 spiro atoms. The molecule has 0 aliphatic carbocycles. The zero-order valence-electron chi connectivity index (χ0n) is 17.1. The van der Waals surface area contributed by atoms with Crippen LogP contribution in [0.15, 0.2) is 66.7 Å². The first kappa shape index (κ1) is 21.0. The molecular formula is C24H21NO7. The molecule has 32 heavy (non-hydrogen) atoms. The van der Waals surface area contributed by atoms with E-state index in [0.29, 0.717) is 33.5 Å². The summed E-state index contributed by atoms with van der Waals surface area (Å²) in [5.74, 6) is -0.370. The van der Waals surface area contributed by atoms with Crippen LogP contribution in [0.3, 0.4) is 0 Å². The molecule has 0 saturated carbocycles. The highest BCUT2D eigenvalue weighted by Gasteiger charge is 2.25. The second-order valence-electron chi connectivity index (χ2n) is 7.29. The van der Waals surface area contributed by atoms with Crippen LogP contribution in [0.25, 0.3) is 10.8 Å². The first-order valence-electron chi connectivity index (χ1n) is 9.91. The van der Waals surface area contributed by atoms with E-state index in [-0.39, 0.29) is 12.5 Å². The number of anilines is 1. The molecule has 1 aliphatic heterocycles. The van der Waals surface area contributed by atoms with Crippen LogP contribution in [0.5, 0.6) is 17.2 Å². The number of aromatic hydroxyl groups is 1. The maximum absolute atomic E-state index is 12.7. The van der Waals surface area contributed by atoms with Crippen molar-refractivity contribution < 1.29 is 34.0 Å². The number of hydrogen-bond acceptors (Lipinski definition) is 6. The first-order valence-corrected chi connectivity index (χ1v) is 9.91. The van der Waals surface area contributed by atoms with Gasteiger partial charge in [-0.05, 0) is 23.6 Å². The molecule has 1 heterocycles. The smallest absolute Gasteiger partial charge is 0.412 e. The SMILES string of the molecule is C[C@@H](/C=C/C(=O)O)[C@H](OC(=O)Nc1ccc2c(c1)OCO2)c1ccc(O)c2ccccc12. The Bertz CT molecular complexity index is 1200. The van der Waals surface area contributed by atoms with Crippen LogP contribution in [-0.2, 0) is 9.53 Å². The number of phenolic OH excluding ortho intramolecular Hbond substituents is 1. The van der Waals surface area contributed by atoms with Gasteiger partial charge in [-0.25, -0.2) is 9.59 Å². The highest BCUT2D eigenvalue weighted by Crippen LogP contribution is 2.37. The van der Waals surface area contributed by atoms with E-state index in [0.717, 1.165) is 6.08 Å². The van der Waals surface area contributed by atoms with Crippen LogP contribution < -0.4 is 14.8 Å². The lowest BCUT2D eigenvalue weighted by atomic mass is 9.92. The topological polar surface area (TPSA) is 114 Å². The summed E-state index contributed by atoms with van der Waals surface area (Å²) in [7, 11) is 0. The van der Waals surface area contributed by atoms with Crippen molar-refractivity contribution in [1.82, 2.24) is 0 Å². The van der Waals surface area contributed by atoms with Gasteiger partial charge >= 0.3 is 12.1 Å². The highest BCUT2D eigenvalue weighted by atomic mass is 16.7. The van der Waals surface area contributed by atoms with Crippen molar-refractivity contribution in [3.05, 3.63) is 72.3 Å². The summed E-state index contributed by atoms with van der Waals surface area (Å²) < 4.78 is 16.3. The fraction of sp³-hybridized carbons (Fsp3) is 0.167. The van der Waals surface area contributed by atoms with E-state index in [1.807, 2.05) is 12.1 Å². The molecule has 0 bridgehead atoms. The van der Waals surface area contributed by atoms with Gasteiger partial charge in [0, 0.05) is 34.7 Å². The number of aliphatic carboxylic acids is 1. The molecule has 3 N–H and O–H groups in total. The second kappa shape index (κ2) is 8.89. The van der Waals surface area contributed by atoms with Crippen molar-refractivity contribution in [2.24, 2.45) is 5.92 Å². The molecule has 0 radical (unpaired) electrons. The first-order chi connectivity index (χ1) is 15.4. The van der Waals surface area contributed by atoms with Gasteiger partial charge in [-0.2, -0.15) is 0 Å². The van der Waals surface area contributed by atoms with Crippen LogP contribution >= 0.6 is 0 Å². The van der Waals surface area contributed by atoms with E-state index < -0.39 is 24.1 Å². The molecule has 3 aromatic carbocycles. The predicted octanol–water partition coefficient (Wildman–Crippen LogP) is 4.84. The van der Waals surface area contributed by atoms with Crippen molar-refractivity contribution in [3.63, 3.8) is 0 Å². The number of hydrogen-bond donors (Lipinski definition) is 3. The number of carboxylic acid groups (broad SMARTS) is 1. The Hall–Kier alpha value is -4.20. The second-order valence-corrected chi connectivity index (χ2v) is 7.29. The monoisotopic (exact) mass is 435 g/mol. The van der Waals surface area contributed by atoms with Gasteiger partial charge in [0.2, 0.25) is 6.79 Å². The number of carbonyl (C=O) groups excluding carboxylic acids is 1. The third-order valence-electron chi connectivity index (χ3n) is 5.11. The van der Waals surface area contributed by atoms with Crippen LogP contribution in [0.4, 0.5) is 10.5 Å². The summed E-state index contributed by atoms with van der Waals surface area (Å²) in [6.07, 6.45) is 0.939. The van der Waals surface area contributed by atoms with E-state index in [2.05, 4.69) is 5.32 Å². The normalized spacial score (nSPS) is 14.3. The summed E-state index contributed by atoms with van der Waals surface area (Å²) in [6, 6.07) is 15.3. The molecule has 4 rings (SSSR count). The molecule has 3 aromatic rings. The van der Waals surface area contributed by atoms with Gasteiger partial charge in [-0.1, -0.05) is 43.3 Å². The quantitative estimate of drug-likeness (QED) is 0.475. The van der Waals surface area contributed by atoms with E-state index in [1.54, 1.807) is 43.3 Å². The predicted molar refractivity (Wildman–Crippen MR) is 117 cm³/mol. The molecule has 1 amide bonds. The average molecular weight is 435 g/mol. The van der Waals surface area contributed by atoms with Crippen LogP contribution in [0.1, 0.15) is 18.6 Å². The largest absolute Gasteiger partial charge is 0.507 e. The fourth-order valence-corrected chi connectivity index (χ4v) is 3.58. The highest BCUT2D eigenvalue weighted by molar-refractivity contribution is 5.92. The van der Waals surface area contributed by atoms with E-state index in [1.165, 1.54) is 12.1 Å². The zero-order chi connectivity index (χ0) is 22.7. The van der Waals surface area contributed by atoms with Gasteiger partial charge in [0.05, 0.1) is 0 Å². The third-order valence-corrected chi connectivity index (χ3v) is 5.11. The summed E-state index contributed by atoms with van der Waals surface area (Å²) in [5.41, 5.74) is 1.10. The van der Waals surface area contributed by atoms with Crippen LogP contribution in [0.2, 0.25) is 0 Å². The molecule has 0 fully saturated rings. The zero-order valence-corrected chi connectivity index (χ0v) is 17.1. The number of rotatable bonds is 6. The Labute approximate surface area is 183 Å².